The summed E-state index contributed by atoms with van der Waals surface area (Å²) in [5.41, 5.74) is 0.479. The Balaban J connectivity index is 1.81. The zero-order valence-corrected chi connectivity index (χ0v) is 13.3. The highest BCUT2D eigenvalue weighted by molar-refractivity contribution is 5.15. The maximum Gasteiger partial charge on any atom is 0.0681 e. The number of rotatable bonds is 2. The number of hydrogen-bond acceptors (Lipinski definition) is 1. The fraction of sp³-hybridized carbons (Fsp3) is 1.00. The molecule has 1 N–H and O–H groups in total. The van der Waals surface area contributed by atoms with Gasteiger partial charge in [-0.3, -0.25) is 0 Å². The van der Waals surface area contributed by atoms with E-state index in [1.54, 1.807) is 0 Å². The van der Waals surface area contributed by atoms with Crippen LogP contribution in [0.25, 0.3) is 0 Å². The fourth-order valence-corrected chi connectivity index (χ4v) is 5.95. The SMILES string of the molecule is CCC1CCC(O)([C@H]2C[C@@H]3CC[C@@]2(C)C3(C)C)CC1. The Bertz CT molecular complexity index is 351. The van der Waals surface area contributed by atoms with Crippen LogP contribution in [0.15, 0.2) is 0 Å². The van der Waals surface area contributed by atoms with Gasteiger partial charge in [0.25, 0.3) is 0 Å². The predicted molar refractivity (Wildman–Crippen MR) is 79.9 cm³/mol. The second kappa shape index (κ2) is 4.23. The topological polar surface area (TPSA) is 20.2 Å². The molecule has 0 spiro atoms. The molecule has 0 unspecified atom stereocenters. The molecule has 3 fully saturated rings. The average molecular weight is 264 g/mol. The quantitative estimate of drug-likeness (QED) is 0.761. The Morgan fingerprint density at radius 3 is 2.05 bits per heavy atom. The molecule has 3 aliphatic rings. The predicted octanol–water partition coefficient (Wildman–Crippen LogP) is 4.78. The molecule has 3 atom stereocenters. The van der Waals surface area contributed by atoms with E-state index in [9.17, 15) is 5.11 Å². The summed E-state index contributed by atoms with van der Waals surface area (Å²) in [4.78, 5) is 0. The van der Waals surface area contributed by atoms with Crippen LogP contribution < -0.4 is 0 Å². The summed E-state index contributed by atoms with van der Waals surface area (Å²) < 4.78 is 0. The highest BCUT2D eigenvalue weighted by atomic mass is 16.3. The summed E-state index contributed by atoms with van der Waals surface area (Å²) in [6.07, 6.45) is 9.96. The van der Waals surface area contributed by atoms with Gasteiger partial charge in [-0.2, -0.15) is 0 Å². The zero-order chi connectivity index (χ0) is 13.9. The summed E-state index contributed by atoms with van der Waals surface area (Å²) in [5, 5.41) is 11.3. The maximum atomic E-state index is 11.3. The molecular formula is C18H32O. The van der Waals surface area contributed by atoms with Crippen LogP contribution in [-0.4, -0.2) is 10.7 Å². The van der Waals surface area contributed by atoms with Gasteiger partial charge in [0.05, 0.1) is 5.60 Å². The third kappa shape index (κ3) is 1.76. The molecule has 2 bridgehead atoms. The minimum Gasteiger partial charge on any atom is -0.390 e. The normalized spacial score (nSPS) is 52.6. The van der Waals surface area contributed by atoms with E-state index < -0.39 is 0 Å². The first-order valence-corrected chi connectivity index (χ1v) is 8.56. The van der Waals surface area contributed by atoms with Crippen molar-refractivity contribution in [2.75, 3.05) is 0 Å². The van der Waals surface area contributed by atoms with Crippen molar-refractivity contribution in [3.63, 3.8) is 0 Å². The standard InChI is InChI=1S/C18H32O/c1-5-13-6-10-18(19,11-7-13)15-12-14-8-9-17(15,4)16(14,2)3/h13-15,19H,5-12H2,1-4H3/t13?,14-,15-,17+,18?/m0/s1. The van der Waals surface area contributed by atoms with Gasteiger partial charge < -0.3 is 5.11 Å². The molecule has 19 heavy (non-hydrogen) atoms. The van der Waals surface area contributed by atoms with E-state index in [-0.39, 0.29) is 5.60 Å². The lowest BCUT2D eigenvalue weighted by Gasteiger charge is -2.49. The molecule has 0 aromatic rings. The van der Waals surface area contributed by atoms with Crippen molar-refractivity contribution < 1.29 is 5.11 Å². The molecule has 3 aliphatic carbocycles. The molecule has 1 nitrogen and oxygen atoms in total. The Morgan fingerprint density at radius 1 is 1.00 bits per heavy atom. The highest BCUT2D eigenvalue weighted by Crippen LogP contribution is 2.71. The molecular weight excluding hydrogens is 232 g/mol. The molecule has 0 amide bonds. The van der Waals surface area contributed by atoms with E-state index in [1.807, 2.05) is 0 Å². The van der Waals surface area contributed by atoms with Gasteiger partial charge in [-0.05, 0) is 73.5 Å². The second-order valence-corrected chi connectivity index (χ2v) is 8.62. The van der Waals surface area contributed by atoms with Crippen molar-refractivity contribution in [1.82, 2.24) is 0 Å². The summed E-state index contributed by atoms with van der Waals surface area (Å²) in [6, 6.07) is 0. The van der Waals surface area contributed by atoms with Gasteiger partial charge >= 0.3 is 0 Å². The lowest BCUT2D eigenvalue weighted by Crippen LogP contribution is -2.49. The lowest BCUT2D eigenvalue weighted by atomic mass is 9.58. The molecule has 0 heterocycles. The average Bonchev–Trinajstić information content (AvgIpc) is 2.72. The third-order valence-electron chi connectivity index (χ3n) is 7.99. The Labute approximate surface area is 119 Å². The van der Waals surface area contributed by atoms with E-state index in [1.165, 1.54) is 38.5 Å². The molecule has 0 radical (unpaired) electrons. The van der Waals surface area contributed by atoms with Gasteiger partial charge in [0, 0.05) is 0 Å². The fourth-order valence-electron chi connectivity index (χ4n) is 5.95. The summed E-state index contributed by atoms with van der Waals surface area (Å²) in [5.74, 6) is 2.29. The van der Waals surface area contributed by atoms with Gasteiger partial charge in [-0.1, -0.05) is 34.1 Å². The van der Waals surface area contributed by atoms with Crippen LogP contribution in [0.1, 0.15) is 79.1 Å². The van der Waals surface area contributed by atoms with Gasteiger partial charge in [0.1, 0.15) is 0 Å². The van der Waals surface area contributed by atoms with Crippen molar-refractivity contribution in [3.05, 3.63) is 0 Å². The summed E-state index contributed by atoms with van der Waals surface area (Å²) in [6.45, 7) is 9.71. The van der Waals surface area contributed by atoms with Crippen LogP contribution in [0.4, 0.5) is 0 Å². The first kappa shape index (κ1) is 13.9. The minimum atomic E-state index is -0.340. The van der Waals surface area contributed by atoms with Gasteiger partial charge in [0.2, 0.25) is 0 Å². The van der Waals surface area contributed by atoms with E-state index in [2.05, 4.69) is 27.7 Å². The van der Waals surface area contributed by atoms with Crippen LogP contribution in [0.2, 0.25) is 0 Å². The number of fused-ring (bicyclic) bond motifs is 2. The molecule has 3 rings (SSSR count). The third-order valence-corrected chi connectivity index (χ3v) is 7.99. The molecule has 0 aromatic heterocycles. The Hall–Kier alpha value is -0.0400. The molecule has 1 heteroatoms. The largest absolute Gasteiger partial charge is 0.390 e. The van der Waals surface area contributed by atoms with Crippen LogP contribution in [0.3, 0.4) is 0 Å². The van der Waals surface area contributed by atoms with E-state index >= 15 is 0 Å². The van der Waals surface area contributed by atoms with Gasteiger partial charge in [-0.25, -0.2) is 0 Å². The van der Waals surface area contributed by atoms with Gasteiger partial charge in [0.15, 0.2) is 0 Å². The monoisotopic (exact) mass is 264 g/mol. The Kier molecular flexibility index (Phi) is 3.10. The van der Waals surface area contributed by atoms with Crippen LogP contribution in [0.5, 0.6) is 0 Å². The first-order chi connectivity index (χ1) is 8.83. The smallest absolute Gasteiger partial charge is 0.0681 e. The van der Waals surface area contributed by atoms with E-state index in [4.69, 9.17) is 0 Å². The van der Waals surface area contributed by atoms with Crippen molar-refractivity contribution in [2.45, 2.75) is 84.7 Å². The number of aliphatic hydroxyl groups is 1. The highest BCUT2D eigenvalue weighted by Gasteiger charge is 2.65. The van der Waals surface area contributed by atoms with Crippen molar-refractivity contribution in [1.29, 1.82) is 0 Å². The molecule has 110 valence electrons. The molecule has 0 saturated heterocycles. The van der Waals surface area contributed by atoms with Crippen molar-refractivity contribution in [2.24, 2.45) is 28.6 Å². The van der Waals surface area contributed by atoms with Crippen molar-refractivity contribution >= 4 is 0 Å². The lowest BCUT2D eigenvalue weighted by molar-refractivity contribution is -0.109. The molecule has 0 aliphatic heterocycles. The Morgan fingerprint density at radius 2 is 1.63 bits per heavy atom. The summed E-state index contributed by atoms with van der Waals surface area (Å²) >= 11 is 0. The van der Waals surface area contributed by atoms with Crippen molar-refractivity contribution in [3.8, 4) is 0 Å². The maximum absolute atomic E-state index is 11.3. The molecule has 0 aromatic carbocycles. The minimum absolute atomic E-state index is 0.340. The van der Waals surface area contributed by atoms with Gasteiger partial charge in [-0.15, -0.1) is 0 Å². The van der Waals surface area contributed by atoms with E-state index in [0.29, 0.717) is 16.7 Å². The second-order valence-electron chi connectivity index (χ2n) is 8.62. The van der Waals surface area contributed by atoms with Crippen LogP contribution >= 0.6 is 0 Å². The zero-order valence-electron chi connectivity index (χ0n) is 13.3. The molecule has 3 saturated carbocycles. The number of hydrogen-bond donors (Lipinski definition) is 1. The summed E-state index contributed by atoms with van der Waals surface area (Å²) in [7, 11) is 0. The van der Waals surface area contributed by atoms with Crippen LogP contribution in [-0.2, 0) is 0 Å². The first-order valence-electron chi connectivity index (χ1n) is 8.56. The van der Waals surface area contributed by atoms with Crippen LogP contribution in [0, 0.1) is 28.6 Å². The van der Waals surface area contributed by atoms with E-state index in [0.717, 1.165) is 24.7 Å².